The number of nitrogens with zero attached hydrogens (tertiary/aromatic N) is 1. The minimum atomic E-state index is -0.648. The van der Waals surface area contributed by atoms with Crippen LogP contribution in [0, 0.1) is 5.92 Å². The highest BCUT2D eigenvalue weighted by Gasteiger charge is 2.39. The van der Waals surface area contributed by atoms with Gasteiger partial charge < -0.3 is 30.3 Å². The average Bonchev–Trinajstić information content (AvgIpc) is 3.19. The van der Waals surface area contributed by atoms with Crippen LogP contribution in [0.25, 0.3) is 11.1 Å². The van der Waals surface area contributed by atoms with Gasteiger partial charge >= 0.3 is 0 Å². The third-order valence-corrected chi connectivity index (χ3v) is 10.3. The molecule has 1 saturated heterocycles. The van der Waals surface area contributed by atoms with Crippen molar-refractivity contribution >= 4 is 11.8 Å². The van der Waals surface area contributed by atoms with Crippen LogP contribution in [0.5, 0.6) is 0 Å². The Bertz CT molecular complexity index is 1730. The van der Waals surface area contributed by atoms with Gasteiger partial charge in [-0.1, -0.05) is 116 Å². The van der Waals surface area contributed by atoms with Gasteiger partial charge in [0.15, 0.2) is 6.29 Å². The normalized spacial score (nSPS) is 19.8. The number of nitrogens with one attached hydrogen (secondary N) is 2. The number of benzene rings is 4. The summed E-state index contributed by atoms with van der Waals surface area (Å²) < 4.78 is 13.4. The van der Waals surface area contributed by atoms with Crippen LogP contribution < -0.4 is 10.6 Å². The highest BCUT2D eigenvalue weighted by molar-refractivity contribution is 5.76. The number of unbranched alkanes of at least 4 members (excludes halogenated alkanes) is 2. The molecule has 1 aliphatic rings. The predicted octanol–water partition coefficient (Wildman–Crippen LogP) is 7.00. The van der Waals surface area contributed by atoms with Gasteiger partial charge in [0.05, 0.1) is 24.9 Å². The number of aliphatic hydroxyl groups excluding tert-OH is 2. The second-order valence-electron chi connectivity index (χ2n) is 14.2. The maximum atomic E-state index is 12.6. The van der Waals surface area contributed by atoms with Gasteiger partial charge in [0.25, 0.3) is 0 Å². The van der Waals surface area contributed by atoms with Crippen LogP contribution in [0.3, 0.4) is 0 Å². The van der Waals surface area contributed by atoms with Crippen molar-refractivity contribution in [2.24, 2.45) is 5.92 Å². The molecule has 9 heteroatoms. The van der Waals surface area contributed by atoms with Crippen molar-refractivity contribution in [1.29, 1.82) is 0 Å². The summed E-state index contributed by atoms with van der Waals surface area (Å²) in [4.78, 5) is 25.8. The molecule has 4 aromatic rings. The Morgan fingerprint density at radius 2 is 1.51 bits per heavy atom. The van der Waals surface area contributed by atoms with Gasteiger partial charge in [0.2, 0.25) is 11.8 Å². The largest absolute Gasteiger partial charge is 0.392 e. The van der Waals surface area contributed by atoms with Crippen LogP contribution in [0.4, 0.5) is 0 Å². The fourth-order valence-corrected chi connectivity index (χ4v) is 6.86. The molecule has 0 spiro atoms. The number of hydrogen-bond acceptors (Lipinski definition) is 7. The van der Waals surface area contributed by atoms with Gasteiger partial charge in [0.1, 0.15) is 0 Å². The monoisotopic (exact) mass is 721 g/mol. The first-order valence-corrected chi connectivity index (χ1v) is 18.8. The summed E-state index contributed by atoms with van der Waals surface area (Å²) in [5, 5.41) is 26.7. The third kappa shape index (κ3) is 11.1. The highest BCUT2D eigenvalue weighted by Crippen LogP contribution is 2.42. The zero-order valence-electron chi connectivity index (χ0n) is 31.4. The fraction of sp³-hybridized carbons (Fsp3) is 0.409. The standard InChI is InChI=1S/C44H55N3O6/c1-30-40(28-47(4)31(2)42(51)35-13-7-5-8-14-35)52-44(53-43(30)36-20-18-33(29-48)19-21-36)37-24-22-34(23-25-37)39-16-11-10-15-38(39)27-46-41(50)17-9-6-12-26-45-32(3)49/h5,7-8,10-11,13-16,18-25,30-31,40,42-44,48,51H,6,9,12,17,26-29H2,1-4H3,(H,45,49)(H,46,50)/t30-,31-,40+,42-,43+,44+/m1/s1. The number of likely N-dealkylation sites (N-methyl/N-ethyl adjacent to an activating group) is 1. The highest BCUT2D eigenvalue weighted by atomic mass is 16.7. The molecule has 2 amide bonds. The van der Waals surface area contributed by atoms with Crippen LogP contribution >= 0.6 is 0 Å². The van der Waals surface area contributed by atoms with Crippen molar-refractivity contribution in [2.45, 2.75) is 90.2 Å². The van der Waals surface area contributed by atoms with Crippen LogP contribution in [-0.2, 0) is 32.2 Å². The number of amides is 2. The number of aliphatic hydroxyl groups is 2. The molecule has 0 aliphatic carbocycles. The smallest absolute Gasteiger partial charge is 0.220 e. The topological polar surface area (TPSA) is 120 Å². The van der Waals surface area contributed by atoms with E-state index in [1.165, 1.54) is 6.92 Å². The number of carbonyl (C=O) groups is 2. The van der Waals surface area contributed by atoms with E-state index in [1.807, 2.05) is 98.9 Å². The summed E-state index contributed by atoms with van der Waals surface area (Å²) in [5.41, 5.74) is 6.73. The molecule has 0 saturated carbocycles. The number of ether oxygens (including phenoxy) is 2. The van der Waals surface area contributed by atoms with Crippen LogP contribution in [0.2, 0.25) is 0 Å². The van der Waals surface area contributed by atoms with Gasteiger partial charge in [-0.15, -0.1) is 0 Å². The van der Waals surface area contributed by atoms with Crippen molar-refractivity contribution in [3.63, 3.8) is 0 Å². The van der Waals surface area contributed by atoms with Gasteiger partial charge in [-0.25, -0.2) is 0 Å². The molecule has 9 nitrogen and oxygen atoms in total. The third-order valence-electron chi connectivity index (χ3n) is 10.3. The number of hydrogen-bond donors (Lipinski definition) is 4. The summed E-state index contributed by atoms with van der Waals surface area (Å²) in [6.07, 6.45) is 1.24. The van der Waals surface area contributed by atoms with E-state index >= 15 is 0 Å². The van der Waals surface area contributed by atoms with Gasteiger partial charge in [-0.3, -0.25) is 14.5 Å². The fourth-order valence-electron chi connectivity index (χ4n) is 6.86. The molecule has 0 radical (unpaired) electrons. The molecule has 282 valence electrons. The Balaban J connectivity index is 1.28. The summed E-state index contributed by atoms with van der Waals surface area (Å²) in [6.45, 7) is 7.32. The Hall–Kier alpha value is -4.38. The van der Waals surface area contributed by atoms with E-state index in [4.69, 9.17) is 9.47 Å². The molecular formula is C44H55N3O6. The lowest BCUT2D eigenvalue weighted by Crippen LogP contribution is -2.46. The molecular weight excluding hydrogens is 666 g/mol. The maximum absolute atomic E-state index is 12.6. The summed E-state index contributed by atoms with van der Waals surface area (Å²) in [6, 6.07) is 33.8. The minimum absolute atomic E-state index is 0.000144. The lowest BCUT2D eigenvalue weighted by atomic mass is 9.89. The molecule has 1 heterocycles. The van der Waals surface area contributed by atoms with Crippen molar-refractivity contribution in [3.8, 4) is 11.1 Å². The van der Waals surface area contributed by atoms with Crippen molar-refractivity contribution < 1.29 is 29.3 Å². The first-order valence-electron chi connectivity index (χ1n) is 18.8. The van der Waals surface area contributed by atoms with Gasteiger partial charge in [-0.05, 0) is 60.2 Å². The average molecular weight is 722 g/mol. The molecule has 4 N–H and O–H groups in total. The lowest BCUT2D eigenvalue weighted by molar-refractivity contribution is -0.276. The molecule has 0 aromatic heterocycles. The quantitative estimate of drug-likeness (QED) is 0.0867. The number of carbonyl (C=O) groups excluding carboxylic acids is 2. The first kappa shape index (κ1) is 39.8. The molecule has 1 fully saturated rings. The van der Waals surface area contributed by atoms with E-state index < -0.39 is 12.4 Å². The van der Waals surface area contributed by atoms with Crippen LogP contribution in [0.15, 0.2) is 103 Å². The van der Waals surface area contributed by atoms with E-state index in [-0.39, 0.29) is 42.6 Å². The van der Waals surface area contributed by atoms with E-state index in [1.54, 1.807) is 0 Å². The Morgan fingerprint density at radius 1 is 0.830 bits per heavy atom. The molecule has 1 aliphatic heterocycles. The molecule has 5 rings (SSSR count). The van der Waals surface area contributed by atoms with E-state index in [2.05, 4.69) is 40.7 Å². The zero-order valence-corrected chi connectivity index (χ0v) is 31.4. The second-order valence-corrected chi connectivity index (χ2v) is 14.2. The molecule has 0 bridgehead atoms. The SMILES string of the molecule is CC(=O)NCCCCCC(=O)NCc1ccccc1-c1ccc([C@H]2O[C@@H](CN(C)[C@H](C)[C@@H](O)c3ccccc3)[C@@H](C)[C@@H](c3ccc(CO)cc3)O2)cc1. The Morgan fingerprint density at radius 3 is 2.21 bits per heavy atom. The summed E-state index contributed by atoms with van der Waals surface area (Å²) >= 11 is 0. The maximum Gasteiger partial charge on any atom is 0.220 e. The van der Waals surface area contributed by atoms with E-state index in [0.29, 0.717) is 26.1 Å². The van der Waals surface area contributed by atoms with E-state index in [0.717, 1.165) is 58.2 Å². The molecule has 0 unspecified atom stereocenters. The molecule has 6 atom stereocenters. The molecule has 53 heavy (non-hydrogen) atoms. The minimum Gasteiger partial charge on any atom is -0.392 e. The van der Waals surface area contributed by atoms with Crippen molar-refractivity contribution in [1.82, 2.24) is 15.5 Å². The summed E-state index contributed by atoms with van der Waals surface area (Å²) in [5.74, 6) is -0.0177. The second kappa shape index (κ2) is 19.6. The van der Waals surface area contributed by atoms with Gasteiger partial charge in [0, 0.05) is 50.5 Å². The van der Waals surface area contributed by atoms with Gasteiger partial charge in [-0.2, -0.15) is 0 Å². The van der Waals surface area contributed by atoms with Crippen molar-refractivity contribution in [3.05, 3.63) is 131 Å². The Kier molecular flexibility index (Phi) is 14.7. The van der Waals surface area contributed by atoms with E-state index in [9.17, 15) is 19.8 Å². The summed E-state index contributed by atoms with van der Waals surface area (Å²) in [7, 11) is 2.02. The number of rotatable bonds is 17. The predicted molar refractivity (Wildman–Crippen MR) is 207 cm³/mol. The Labute approximate surface area is 314 Å². The van der Waals surface area contributed by atoms with Crippen molar-refractivity contribution in [2.75, 3.05) is 20.1 Å². The zero-order chi connectivity index (χ0) is 37.7. The first-order chi connectivity index (χ1) is 25.6. The molecule has 4 aromatic carbocycles. The van der Waals surface area contributed by atoms with Crippen LogP contribution in [0.1, 0.15) is 92.8 Å². The van der Waals surface area contributed by atoms with Crippen LogP contribution in [-0.4, -0.2) is 59.2 Å². The lowest BCUT2D eigenvalue weighted by Gasteiger charge is -2.43.